The molecule has 0 aliphatic heterocycles. The van der Waals surface area contributed by atoms with Crippen LogP contribution in [0.25, 0.3) is 16.6 Å². The molecule has 2 aromatic heterocycles. The van der Waals surface area contributed by atoms with Crippen LogP contribution in [0.15, 0.2) is 36.5 Å². The number of nitrogen functional groups attached to an aromatic ring is 1. The van der Waals surface area contributed by atoms with Crippen LogP contribution in [0.2, 0.25) is 0 Å². The van der Waals surface area contributed by atoms with Gasteiger partial charge in [-0.3, -0.25) is 4.98 Å². The average molecular weight is 212 g/mol. The highest BCUT2D eigenvalue weighted by molar-refractivity contribution is 5.80. The van der Waals surface area contributed by atoms with Crippen molar-refractivity contribution in [3.8, 4) is 5.69 Å². The van der Waals surface area contributed by atoms with Gasteiger partial charge >= 0.3 is 0 Å². The number of tetrazole rings is 1. The van der Waals surface area contributed by atoms with Crippen LogP contribution < -0.4 is 5.73 Å². The minimum atomic E-state index is 0.267. The number of hydrogen-bond donors (Lipinski definition) is 1. The second-order valence-electron chi connectivity index (χ2n) is 3.33. The standard InChI is InChI=1S/C10H8N6/c11-10-13-14-15-16(10)8-3-4-9-7(6-8)2-1-5-12-9/h1-6H,(H2,11,13,15). The first-order chi connectivity index (χ1) is 7.84. The van der Waals surface area contributed by atoms with Gasteiger partial charge in [0.15, 0.2) is 0 Å². The van der Waals surface area contributed by atoms with Crippen LogP contribution in [-0.2, 0) is 0 Å². The lowest BCUT2D eigenvalue weighted by molar-refractivity contribution is 0.792. The number of hydrogen-bond acceptors (Lipinski definition) is 5. The molecular weight excluding hydrogens is 204 g/mol. The summed E-state index contributed by atoms with van der Waals surface area (Å²) in [7, 11) is 0. The quantitative estimate of drug-likeness (QED) is 0.644. The Bertz CT molecular complexity index is 644. The largest absolute Gasteiger partial charge is 0.366 e. The fourth-order valence-corrected chi connectivity index (χ4v) is 1.57. The summed E-state index contributed by atoms with van der Waals surface area (Å²) in [5, 5.41) is 12.0. The lowest BCUT2D eigenvalue weighted by Crippen LogP contribution is -2.02. The second-order valence-corrected chi connectivity index (χ2v) is 3.33. The lowest BCUT2D eigenvalue weighted by Gasteiger charge is -2.02. The minimum Gasteiger partial charge on any atom is -0.366 e. The maximum absolute atomic E-state index is 5.63. The van der Waals surface area contributed by atoms with Gasteiger partial charge < -0.3 is 5.73 Å². The molecule has 0 aliphatic carbocycles. The van der Waals surface area contributed by atoms with Crippen molar-refractivity contribution >= 4 is 16.9 Å². The number of aromatic nitrogens is 5. The maximum Gasteiger partial charge on any atom is 0.245 e. The summed E-state index contributed by atoms with van der Waals surface area (Å²) in [5.41, 5.74) is 7.38. The third-order valence-corrected chi connectivity index (χ3v) is 2.32. The zero-order valence-corrected chi connectivity index (χ0v) is 8.28. The van der Waals surface area contributed by atoms with E-state index in [9.17, 15) is 0 Å². The third-order valence-electron chi connectivity index (χ3n) is 2.32. The first-order valence-electron chi connectivity index (χ1n) is 4.73. The number of anilines is 1. The molecule has 0 radical (unpaired) electrons. The summed E-state index contributed by atoms with van der Waals surface area (Å²) in [4.78, 5) is 4.23. The van der Waals surface area contributed by atoms with Gasteiger partial charge in [0.05, 0.1) is 11.2 Å². The molecule has 1 aromatic carbocycles. The minimum absolute atomic E-state index is 0.267. The molecule has 0 atom stereocenters. The number of nitrogens with zero attached hydrogens (tertiary/aromatic N) is 5. The van der Waals surface area contributed by atoms with Gasteiger partial charge in [-0.1, -0.05) is 11.2 Å². The summed E-state index contributed by atoms with van der Waals surface area (Å²) in [6, 6.07) is 9.59. The van der Waals surface area contributed by atoms with Crippen LogP contribution in [0.4, 0.5) is 5.95 Å². The van der Waals surface area contributed by atoms with E-state index >= 15 is 0 Å². The highest BCUT2D eigenvalue weighted by Crippen LogP contribution is 2.16. The summed E-state index contributed by atoms with van der Waals surface area (Å²) in [6.07, 6.45) is 1.76. The predicted octanol–water partition coefficient (Wildman–Crippen LogP) is 0.793. The molecule has 0 fully saturated rings. The van der Waals surface area contributed by atoms with E-state index in [1.807, 2.05) is 30.3 Å². The molecule has 78 valence electrons. The van der Waals surface area contributed by atoms with E-state index < -0.39 is 0 Å². The van der Waals surface area contributed by atoms with Crippen molar-refractivity contribution in [2.24, 2.45) is 0 Å². The van der Waals surface area contributed by atoms with Crippen molar-refractivity contribution < 1.29 is 0 Å². The highest BCUT2D eigenvalue weighted by atomic mass is 15.6. The lowest BCUT2D eigenvalue weighted by atomic mass is 10.2. The van der Waals surface area contributed by atoms with Crippen LogP contribution >= 0.6 is 0 Å². The Hall–Kier alpha value is -2.50. The molecular formula is C10H8N6. The number of fused-ring (bicyclic) bond motifs is 1. The van der Waals surface area contributed by atoms with Gasteiger partial charge in [0.25, 0.3) is 0 Å². The Morgan fingerprint density at radius 3 is 2.94 bits per heavy atom. The van der Waals surface area contributed by atoms with Gasteiger partial charge in [-0.15, -0.1) is 0 Å². The van der Waals surface area contributed by atoms with Crippen molar-refractivity contribution in [2.45, 2.75) is 0 Å². The maximum atomic E-state index is 5.63. The van der Waals surface area contributed by atoms with Gasteiger partial charge in [0.1, 0.15) is 0 Å². The molecule has 6 heteroatoms. The van der Waals surface area contributed by atoms with E-state index in [0.717, 1.165) is 16.6 Å². The summed E-state index contributed by atoms with van der Waals surface area (Å²) < 4.78 is 1.48. The molecule has 2 heterocycles. The molecule has 3 rings (SSSR count). The molecule has 6 nitrogen and oxygen atoms in total. The monoisotopic (exact) mass is 212 g/mol. The third kappa shape index (κ3) is 1.28. The Morgan fingerprint density at radius 1 is 1.19 bits per heavy atom. The number of pyridine rings is 1. The highest BCUT2D eigenvalue weighted by Gasteiger charge is 2.04. The molecule has 0 saturated heterocycles. The Kier molecular flexibility index (Phi) is 1.79. The first kappa shape index (κ1) is 8.78. The molecule has 0 aliphatic rings. The smallest absolute Gasteiger partial charge is 0.245 e. The predicted molar refractivity (Wildman–Crippen MR) is 58.9 cm³/mol. The van der Waals surface area contributed by atoms with Gasteiger partial charge in [0, 0.05) is 11.6 Å². The zero-order valence-electron chi connectivity index (χ0n) is 8.28. The molecule has 0 bridgehead atoms. The van der Waals surface area contributed by atoms with Crippen molar-refractivity contribution in [2.75, 3.05) is 5.73 Å². The van der Waals surface area contributed by atoms with Gasteiger partial charge in [-0.05, 0) is 34.7 Å². The number of benzene rings is 1. The Morgan fingerprint density at radius 2 is 2.12 bits per heavy atom. The van der Waals surface area contributed by atoms with Crippen LogP contribution in [0.3, 0.4) is 0 Å². The Balaban J connectivity index is 2.23. The average Bonchev–Trinajstić information content (AvgIpc) is 2.75. The molecule has 0 unspecified atom stereocenters. The SMILES string of the molecule is Nc1nnnn1-c1ccc2ncccc2c1. The van der Waals surface area contributed by atoms with Crippen LogP contribution in [0.1, 0.15) is 0 Å². The normalized spacial score (nSPS) is 10.8. The van der Waals surface area contributed by atoms with Crippen molar-refractivity contribution in [1.82, 2.24) is 25.2 Å². The molecule has 0 spiro atoms. The van der Waals surface area contributed by atoms with Crippen molar-refractivity contribution in [3.05, 3.63) is 36.5 Å². The summed E-state index contributed by atoms with van der Waals surface area (Å²) in [5.74, 6) is 0.267. The fourth-order valence-electron chi connectivity index (χ4n) is 1.57. The van der Waals surface area contributed by atoms with Gasteiger partial charge in [0.2, 0.25) is 5.95 Å². The molecule has 0 saturated carbocycles. The van der Waals surface area contributed by atoms with Gasteiger partial charge in [-0.25, -0.2) is 0 Å². The van der Waals surface area contributed by atoms with E-state index in [1.54, 1.807) is 6.20 Å². The van der Waals surface area contributed by atoms with E-state index in [4.69, 9.17) is 5.73 Å². The van der Waals surface area contributed by atoms with E-state index in [2.05, 4.69) is 20.5 Å². The Labute approximate surface area is 90.7 Å². The van der Waals surface area contributed by atoms with E-state index in [-0.39, 0.29) is 5.95 Å². The topological polar surface area (TPSA) is 82.5 Å². The summed E-state index contributed by atoms with van der Waals surface area (Å²) >= 11 is 0. The van der Waals surface area contributed by atoms with E-state index in [0.29, 0.717) is 0 Å². The molecule has 2 N–H and O–H groups in total. The molecule has 16 heavy (non-hydrogen) atoms. The van der Waals surface area contributed by atoms with Crippen LogP contribution in [-0.4, -0.2) is 25.2 Å². The number of rotatable bonds is 1. The van der Waals surface area contributed by atoms with Gasteiger partial charge in [-0.2, -0.15) is 4.68 Å². The second kappa shape index (κ2) is 3.27. The summed E-state index contributed by atoms with van der Waals surface area (Å²) in [6.45, 7) is 0. The van der Waals surface area contributed by atoms with E-state index in [1.165, 1.54) is 4.68 Å². The first-order valence-corrected chi connectivity index (χ1v) is 4.73. The molecule has 3 aromatic rings. The van der Waals surface area contributed by atoms with Crippen molar-refractivity contribution in [1.29, 1.82) is 0 Å². The van der Waals surface area contributed by atoms with Crippen LogP contribution in [0.5, 0.6) is 0 Å². The van der Waals surface area contributed by atoms with Crippen molar-refractivity contribution in [3.63, 3.8) is 0 Å². The zero-order chi connectivity index (χ0) is 11.0. The number of nitrogens with two attached hydrogens (primary N) is 1. The van der Waals surface area contributed by atoms with Crippen LogP contribution in [0, 0.1) is 0 Å². The molecule has 0 amide bonds. The fraction of sp³-hybridized carbons (Fsp3) is 0.